The van der Waals surface area contributed by atoms with E-state index < -0.39 is 28.3 Å². The first-order valence-corrected chi connectivity index (χ1v) is 5.80. The van der Waals surface area contributed by atoms with Crippen LogP contribution < -0.4 is 4.90 Å². The van der Waals surface area contributed by atoms with Crippen LogP contribution in [0.2, 0.25) is 0 Å². The zero-order chi connectivity index (χ0) is 16.2. The second-order valence-corrected chi connectivity index (χ2v) is 4.21. The van der Waals surface area contributed by atoms with Crippen LogP contribution in [0.3, 0.4) is 0 Å². The minimum atomic E-state index is -4.66. The maximum atomic E-state index is 12.6. The SMILES string of the molecule is COC(=O)CCN(C)c1ccc(C(F)(F)F)cc1[N+](=O)[O-]. The van der Waals surface area contributed by atoms with Gasteiger partial charge in [-0.3, -0.25) is 14.9 Å². The first-order chi connectivity index (χ1) is 9.66. The van der Waals surface area contributed by atoms with Gasteiger partial charge in [-0.05, 0) is 12.1 Å². The Labute approximate surface area is 118 Å². The number of esters is 1. The average molecular weight is 306 g/mol. The van der Waals surface area contributed by atoms with E-state index in [2.05, 4.69) is 4.74 Å². The van der Waals surface area contributed by atoms with Gasteiger partial charge in [-0.1, -0.05) is 0 Å². The van der Waals surface area contributed by atoms with Gasteiger partial charge < -0.3 is 9.64 Å². The molecule has 9 heteroatoms. The Kier molecular flexibility index (Phi) is 5.12. The number of alkyl halides is 3. The normalized spacial score (nSPS) is 11.1. The van der Waals surface area contributed by atoms with Crippen LogP contribution in [-0.4, -0.2) is 31.6 Å². The quantitative estimate of drug-likeness (QED) is 0.475. The lowest BCUT2D eigenvalue weighted by molar-refractivity contribution is -0.384. The number of benzene rings is 1. The van der Waals surface area contributed by atoms with E-state index >= 15 is 0 Å². The lowest BCUT2D eigenvalue weighted by Crippen LogP contribution is -2.22. The van der Waals surface area contributed by atoms with Gasteiger partial charge in [-0.25, -0.2) is 0 Å². The fourth-order valence-electron chi connectivity index (χ4n) is 1.65. The highest BCUT2D eigenvalue weighted by Gasteiger charge is 2.33. The molecule has 0 aromatic heterocycles. The molecule has 0 spiro atoms. The van der Waals surface area contributed by atoms with Gasteiger partial charge in [0.05, 0.1) is 24.0 Å². The van der Waals surface area contributed by atoms with Crippen LogP contribution in [0.25, 0.3) is 0 Å². The van der Waals surface area contributed by atoms with Gasteiger partial charge in [0.25, 0.3) is 5.69 Å². The van der Waals surface area contributed by atoms with E-state index in [1.807, 2.05) is 0 Å². The highest BCUT2D eigenvalue weighted by Crippen LogP contribution is 2.36. The summed E-state index contributed by atoms with van der Waals surface area (Å²) in [7, 11) is 2.64. The lowest BCUT2D eigenvalue weighted by Gasteiger charge is -2.19. The number of halogens is 3. The van der Waals surface area contributed by atoms with Gasteiger partial charge in [0, 0.05) is 19.7 Å². The molecule has 1 rings (SSSR count). The molecule has 0 bridgehead atoms. The van der Waals surface area contributed by atoms with Gasteiger partial charge in [0.1, 0.15) is 5.69 Å². The van der Waals surface area contributed by atoms with E-state index in [0.717, 1.165) is 12.1 Å². The minimum absolute atomic E-state index is 0.00287. The molecule has 0 unspecified atom stereocenters. The van der Waals surface area contributed by atoms with Crippen molar-refractivity contribution in [2.75, 3.05) is 25.6 Å². The van der Waals surface area contributed by atoms with Crippen LogP contribution in [-0.2, 0) is 15.7 Å². The predicted molar refractivity (Wildman–Crippen MR) is 68.0 cm³/mol. The summed E-state index contributed by atoms with van der Waals surface area (Å²) in [4.78, 5) is 22.4. The van der Waals surface area contributed by atoms with E-state index in [0.29, 0.717) is 6.07 Å². The van der Waals surface area contributed by atoms with Crippen molar-refractivity contribution in [2.45, 2.75) is 12.6 Å². The summed E-state index contributed by atoms with van der Waals surface area (Å²) in [6.07, 6.45) is -4.70. The van der Waals surface area contributed by atoms with E-state index in [1.54, 1.807) is 0 Å². The van der Waals surface area contributed by atoms with Crippen LogP contribution in [0.4, 0.5) is 24.5 Å². The Balaban J connectivity index is 3.06. The van der Waals surface area contributed by atoms with Gasteiger partial charge >= 0.3 is 12.1 Å². The third kappa shape index (κ3) is 4.33. The number of hydrogen-bond donors (Lipinski definition) is 0. The second-order valence-electron chi connectivity index (χ2n) is 4.21. The fraction of sp³-hybridized carbons (Fsp3) is 0.417. The van der Waals surface area contributed by atoms with E-state index in [9.17, 15) is 28.1 Å². The monoisotopic (exact) mass is 306 g/mol. The van der Waals surface area contributed by atoms with E-state index in [-0.39, 0.29) is 18.7 Å². The molecule has 116 valence electrons. The third-order valence-electron chi connectivity index (χ3n) is 2.79. The first-order valence-electron chi connectivity index (χ1n) is 5.80. The van der Waals surface area contributed by atoms with Crippen molar-refractivity contribution >= 4 is 17.3 Å². The Morgan fingerprint density at radius 2 is 2.05 bits per heavy atom. The minimum Gasteiger partial charge on any atom is -0.469 e. The molecule has 21 heavy (non-hydrogen) atoms. The molecule has 0 atom stereocenters. The molecular weight excluding hydrogens is 293 g/mol. The molecule has 0 aliphatic rings. The molecule has 0 saturated heterocycles. The van der Waals surface area contributed by atoms with Crippen molar-refractivity contribution in [1.29, 1.82) is 0 Å². The maximum absolute atomic E-state index is 12.6. The zero-order valence-electron chi connectivity index (χ0n) is 11.3. The van der Waals surface area contributed by atoms with Crippen LogP contribution in [0.15, 0.2) is 18.2 Å². The Morgan fingerprint density at radius 1 is 1.43 bits per heavy atom. The molecule has 0 heterocycles. The first kappa shape index (κ1) is 16.7. The van der Waals surface area contributed by atoms with Crippen molar-refractivity contribution in [1.82, 2.24) is 0 Å². The van der Waals surface area contributed by atoms with Crippen LogP contribution in [0.1, 0.15) is 12.0 Å². The number of anilines is 1. The van der Waals surface area contributed by atoms with Crippen molar-refractivity contribution in [3.05, 3.63) is 33.9 Å². The van der Waals surface area contributed by atoms with Crippen molar-refractivity contribution in [2.24, 2.45) is 0 Å². The van der Waals surface area contributed by atoms with E-state index in [1.165, 1.54) is 19.1 Å². The second kappa shape index (κ2) is 6.42. The average Bonchev–Trinajstić information content (AvgIpc) is 2.42. The molecule has 0 aliphatic heterocycles. The van der Waals surface area contributed by atoms with Gasteiger partial charge in [-0.2, -0.15) is 13.2 Å². The Morgan fingerprint density at radius 3 is 2.52 bits per heavy atom. The fourth-order valence-corrected chi connectivity index (χ4v) is 1.65. The molecule has 0 radical (unpaired) electrons. The molecular formula is C12H13F3N2O4. The summed E-state index contributed by atoms with van der Waals surface area (Å²) in [5.74, 6) is -0.517. The number of carbonyl (C=O) groups excluding carboxylic acids is 1. The molecule has 0 fully saturated rings. The van der Waals surface area contributed by atoms with Gasteiger partial charge in [-0.15, -0.1) is 0 Å². The number of nitrogens with zero attached hydrogens (tertiary/aromatic N) is 2. The van der Waals surface area contributed by atoms with Crippen LogP contribution >= 0.6 is 0 Å². The summed E-state index contributed by atoms with van der Waals surface area (Å²) >= 11 is 0. The summed E-state index contributed by atoms with van der Waals surface area (Å²) < 4.78 is 42.1. The number of nitro benzene ring substituents is 1. The van der Waals surface area contributed by atoms with Gasteiger partial charge in [0.2, 0.25) is 0 Å². The van der Waals surface area contributed by atoms with Crippen LogP contribution in [0.5, 0.6) is 0 Å². The third-order valence-corrected chi connectivity index (χ3v) is 2.79. The number of nitro groups is 1. The largest absolute Gasteiger partial charge is 0.469 e. The van der Waals surface area contributed by atoms with E-state index in [4.69, 9.17) is 0 Å². The number of hydrogen-bond acceptors (Lipinski definition) is 5. The molecule has 1 aromatic rings. The summed E-state index contributed by atoms with van der Waals surface area (Å²) in [6, 6.07) is 2.25. The zero-order valence-corrected chi connectivity index (χ0v) is 11.3. The highest BCUT2D eigenvalue weighted by atomic mass is 19.4. The summed E-state index contributed by atoms with van der Waals surface area (Å²) in [5, 5.41) is 10.9. The van der Waals surface area contributed by atoms with Gasteiger partial charge in [0.15, 0.2) is 0 Å². The highest BCUT2D eigenvalue weighted by molar-refractivity contribution is 5.71. The predicted octanol–water partition coefficient (Wildman–Crippen LogP) is 2.61. The Bertz CT molecular complexity index is 546. The topological polar surface area (TPSA) is 72.7 Å². The number of carbonyl (C=O) groups is 1. The number of rotatable bonds is 5. The smallest absolute Gasteiger partial charge is 0.416 e. The van der Waals surface area contributed by atoms with Crippen molar-refractivity contribution in [3.8, 4) is 0 Å². The molecule has 6 nitrogen and oxygen atoms in total. The molecule has 0 saturated carbocycles. The number of methoxy groups -OCH3 is 1. The molecule has 0 amide bonds. The summed E-state index contributed by atoms with van der Waals surface area (Å²) in [6.45, 7) is 0.0822. The maximum Gasteiger partial charge on any atom is 0.416 e. The molecule has 0 aliphatic carbocycles. The number of ether oxygens (including phenoxy) is 1. The summed E-state index contributed by atoms with van der Waals surface area (Å²) in [5.41, 5.74) is -1.77. The van der Waals surface area contributed by atoms with Crippen LogP contribution in [0, 0.1) is 10.1 Å². The van der Waals surface area contributed by atoms with Crippen molar-refractivity contribution < 1.29 is 27.6 Å². The lowest BCUT2D eigenvalue weighted by atomic mass is 10.1. The Hall–Kier alpha value is -2.32. The molecule has 1 aromatic carbocycles. The molecule has 0 N–H and O–H groups in total. The standard InChI is InChI=1S/C12H13F3N2O4/c1-16(6-5-11(18)21-2)9-4-3-8(12(13,14)15)7-10(9)17(19)20/h3-4,7H,5-6H2,1-2H3. The van der Waals surface area contributed by atoms with Crippen molar-refractivity contribution in [3.63, 3.8) is 0 Å².